The monoisotopic (exact) mass is 399 g/mol. The summed E-state index contributed by atoms with van der Waals surface area (Å²) in [6, 6.07) is 9.87. The number of halogens is 2. The zero-order valence-electron chi connectivity index (χ0n) is 12.3. The minimum Gasteiger partial charge on any atom is -0.321 e. The number of hydrogen-bond donors (Lipinski definition) is 1. The van der Waals surface area contributed by atoms with Crippen molar-refractivity contribution in [1.82, 2.24) is 0 Å². The highest BCUT2D eigenvalue weighted by Crippen LogP contribution is 2.25. The largest absolute Gasteiger partial charge is 0.321 e. The van der Waals surface area contributed by atoms with Crippen LogP contribution < -0.4 is 5.32 Å². The van der Waals surface area contributed by atoms with Crippen LogP contribution in [0.1, 0.15) is 23.7 Å². The van der Waals surface area contributed by atoms with Crippen molar-refractivity contribution in [1.29, 1.82) is 0 Å². The predicted octanol–water partition coefficient (Wildman–Crippen LogP) is 4.02. The second kappa shape index (κ2) is 7.23. The number of nitrogens with one attached hydrogen (secondary N) is 1. The van der Waals surface area contributed by atoms with Gasteiger partial charge in [-0.1, -0.05) is 19.1 Å². The molecule has 0 aliphatic carbocycles. The highest BCUT2D eigenvalue weighted by Gasteiger charge is 2.21. The third-order valence-corrected chi connectivity index (χ3v) is 5.75. The van der Waals surface area contributed by atoms with Gasteiger partial charge >= 0.3 is 0 Å². The van der Waals surface area contributed by atoms with Crippen LogP contribution in [0.5, 0.6) is 0 Å². The standard InChI is InChI=1S/C16H15BrFNO3S/c1-2-9-23(21,22)15-6-4-3-5-12(15)16(20)19-14-8-7-11(18)10-13(14)17/h3-8,10H,2,9H2,1H3,(H,19,20). The molecule has 0 unspecified atom stereocenters. The molecule has 0 saturated carbocycles. The summed E-state index contributed by atoms with van der Waals surface area (Å²) in [6.07, 6.45) is 0.460. The third kappa shape index (κ3) is 4.17. The Labute approximate surface area is 142 Å². The van der Waals surface area contributed by atoms with Crippen LogP contribution in [0.25, 0.3) is 0 Å². The summed E-state index contributed by atoms with van der Waals surface area (Å²) >= 11 is 3.16. The van der Waals surface area contributed by atoms with Gasteiger partial charge in [0.25, 0.3) is 5.91 Å². The fraction of sp³-hybridized carbons (Fsp3) is 0.188. The second-order valence-corrected chi connectivity index (χ2v) is 7.83. The lowest BCUT2D eigenvalue weighted by molar-refractivity contribution is 0.102. The van der Waals surface area contributed by atoms with E-state index in [4.69, 9.17) is 0 Å². The van der Waals surface area contributed by atoms with Crippen molar-refractivity contribution in [2.45, 2.75) is 18.2 Å². The highest BCUT2D eigenvalue weighted by molar-refractivity contribution is 9.10. The first kappa shape index (κ1) is 17.6. The maximum Gasteiger partial charge on any atom is 0.257 e. The van der Waals surface area contributed by atoms with E-state index in [-0.39, 0.29) is 16.2 Å². The molecule has 122 valence electrons. The number of carbonyl (C=O) groups excluding carboxylic acids is 1. The van der Waals surface area contributed by atoms with Crippen molar-refractivity contribution in [3.8, 4) is 0 Å². The Hall–Kier alpha value is -1.73. The van der Waals surface area contributed by atoms with Gasteiger partial charge in [-0.25, -0.2) is 12.8 Å². The lowest BCUT2D eigenvalue weighted by Crippen LogP contribution is -2.18. The number of anilines is 1. The van der Waals surface area contributed by atoms with Crippen molar-refractivity contribution in [3.05, 3.63) is 58.3 Å². The van der Waals surface area contributed by atoms with Crippen LogP contribution in [0, 0.1) is 5.82 Å². The maximum absolute atomic E-state index is 13.1. The molecule has 2 rings (SSSR count). The summed E-state index contributed by atoms with van der Waals surface area (Å²) in [5.41, 5.74) is 0.427. The molecule has 1 amide bonds. The van der Waals surface area contributed by atoms with Crippen LogP contribution in [-0.2, 0) is 9.84 Å². The molecule has 2 aromatic rings. The molecule has 0 radical (unpaired) electrons. The van der Waals surface area contributed by atoms with Crippen LogP contribution in [0.3, 0.4) is 0 Å². The van der Waals surface area contributed by atoms with Gasteiger partial charge < -0.3 is 5.32 Å². The van der Waals surface area contributed by atoms with E-state index < -0.39 is 21.6 Å². The van der Waals surface area contributed by atoms with Gasteiger partial charge in [-0.05, 0) is 52.7 Å². The molecule has 0 heterocycles. The topological polar surface area (TPSA) is 63.2 Å². The van der Waals surface area contributed by atoms with E-state index in [1.165, 1.54) is 30.3 Å². The third-order valence-electron chi connectivity index (χ3n) is 3.12. The number of hydrogen-bond acceptors (Lipinski definition) is 3. The molecule has 1 N–H and O–H groups in total. The smallest absolute Gasteiger partial charge is 0.257 e. The van der Waals surface area contributed by atoms with E-state index in [0.717, 1.165) is 0 Å². The minimum absolute atomic E-state index is 0.00224. The average Bonchev–Trinajstić information content (AvgIpc) is 2.50. The summed E-state index contributed by atoms with van der Waals surface area (Å²) < 4.78 is 38.0. The van der Waals surface area contributed by atoms with E-state index in [0.29, 0.717) is 16.6 Å². The van der Waals surface area contributed by atoms with Crippen LogP contribution in [0.15, 0.2) is 51.8 Å². The van der Waals surface area contributed by atoms with Gasteiger partial charge in [0.1, 0.15) is 5.82 Å². The molecule has 7 heteroatoms. The van der Waals surface area contributed by atoms with E-state index in [2.05, 4.69) is 21.2 Å². The SMILES string of the molecule is CCCS(=O)(=O)c1ccccc1C(=O)Nc1ccc(F)cc1Br. The second-order valence-electron chi connectivity index (χ2n) is 4.89. The lowest BCUT2D eigenvalue weighted by atomic mass is 10.2. The van der Waals surface area contributed by atoms with Gasteiger partial charge in [0.15, 0.2) is 9.84 Å². The zero-order valence-corrected chi connectivity index (χ0v) is 14.7. The maximum atomic E-state index is 13.1. The minimum atomic E-state index is -3.53. The Balaban J connectivity index is 2.37. The first-order valence-electron chi connectivity index (χ1n) is 6.93. The Bertz CT molecular complexity index is 837. The molecule has 0 fully saturated rings. The molecule has 0 spiro atoms. The zero-order chi connectivity index (χ0) is 17.0. The first-order valence-corrected chi connectivity index (χ1v) is 9.38. The molecule has 2 aromatic carbocycles. The summed E-state index contributed by atoms with van der Waals surface area (Å²) in [7, 11) is -3.53. The molecule has 0 aliphatic rings. The van der Waals surface area contributed by atoms with E-state index in [9.17, 15) is 17.6 Å². The number of sulfone groups is 1. The molecule has 4 nitrogen and oxygen atoms in total. The van der Waals surface area contributed by atoms with Crippen LogP contribution in [-0.4, -0.2) is 20.1 Å². The number of carbonyl (C=O) groups is 1. The molecule has 0 saturated heterocycles. The van der Waals surface area contributed by atoms with Crippen LogP contribution >= 0.6 is 15.9 Å². The Kier molecular flexibility index (Phi) is 5.54. The van der Waals surface area contributed by atoms with Crippen molar-refractivity contribution >= 4 is 37.4 Å². The molecule has 0 bridgehead atoms. The van der Waals surface area contributed by atoms with Crippen molar-refractivity contribution in [2.24, 2.45) is 0 Å². The van der Waals surface area contributed by atoms with Crippen molar-refractivity contribution in [2.75, 3.05) is 11.1 Å². The summed E-state index contributed by atoms with van der Waals surface area (Å²) in [5.74, 6) is -1.04. The van der Waals surface area contributed by atoms with Gasteiger partial charge in [-0.15, -0.1) is 0 Å². The summed E-state index contributed by atoms with van der Waals surface area (Å²) in [5, 5.41) is 2.59. The fourth-order valence-electron chi connectivity index (χ4n) is 2.08. The predicted molar refractivity (Wildman–Crippen MR) is 90.8 cm³/mol. The molecular weight excluding hydrogens is 385 g/mol. The highest BCUT2D eigenvalue weighted by atomic mass is 79.9. The van der Waals surface area contributed by atoms with E-state index in [1.807, 2.05) is 0 Å². The van der Waals surface area contributed by atoms with Gasteiger partial charge in [0, 0.05) is 4.47 Å². The van der Waals surface area contributed by atoms with Crippen molar-refractivity contribution in [3.63, 3.8) is 0 Å². The summed E-state index contributed by atoms with van der Waals surface area (Å²) in [4.78, 5) is 12.4. The summed E-state index contributed by atoms with van der Waals surface area (Å²) in [6.45, 7) is 1.76. The van der Waals surface area contributed by atoms with Gasteiger partial charge in [0.05, 0.1) is 21.9 Å². The molecular formula is C16H15BrFNO3S. The number of benzene rings is 2. The Morgan fingerprint density at radius 3 is 2.57 bits per heavy atom. The van der Waals surface area contributed by atoms with E-state index in [1.54, 1.807) is 19.1 Å². The van der Waals surface area contributed by atoms with Crippen molar-refractivity contribution < 1.29 is 17.6 Å². The van der Waals surface area contributed by atoms with Crippen LogP contribution in [0.2, 0.25) is 0 Å². The quantitative estimate of drug-likeness (QED) is 0.825. The molecule has 0 aromatic heterocycles. The Morgan fingerprint density at radius 1 is 1.22 bits per heavy atom. The van der Waals surface area contributed by atoms with Crippen LogP contribution in [0.4, 0.5) is 10.1 Å². The number of rotatable bonds is 5. The normalized spacial score (nSPS) is 11.3. The average molecular weight is 400 g/mol. The van der Waals surface area contributed by atoms with Gasteiger partial charge in [-0.2, -0.15) is 0 Å². The first-order chi connectivity index (χ1) is 10.8. The number of amides is 1. The lowest BCUT2D eigenvalue weighted by Gasteiger charge is -2.11. The fourth-order valence-corrected chi connectivity index (χ4v) is 4.07. The molecule has 23 heavy (non-hydrogen) atoms. The molecule has 0 aliphatic heterocycles. The molecule has 0 atom stereocenters. The van der Waals surface area contributed by atoms with Gasteiger partial charge in [-0.3, -0.25) is 4.79 Å². The Morgan fingerprint density at radius 2 is 1.91 bits per heavy atom. The van der Waals surface area contributed by atoms with Gasteiger partial charge in [0.2, 0.25) is 0 Å². The van der Waals surface area contributed by atoms with E-state index >= 15 is 0 Å².